The van der Waals surface area contributed by atoms with Gasteiger partial charge in [-0.2, -0.15) is 0 Å². The molecule has 0 aromatic carbocycles. The van der Waals surface area contributed by atoms with E-state index in [4.69, 9.17) is 5.73 Å². The molecule has 0 saturated heterocycles. The van der Waals surface area contributed by atoms with Crippen molar-refractivity contribution in [1.29, 1.82) is 0 Å². The van der Waals surface area contributed by atoms with Crippen molar-refractivity contribution in [3.63, 3.8) is 0 Å². The highest BCUT2D eigenvalue weighted by atomic mass is 16.3. The van der Waals surface area contributed by atoms with E-state index >= 15 is 0 Å². The predicted molar refractivity (Wildman–Crippen MR) is 49.7 cm³/mol. The van der Waals surface area contributed by atoms with Crippen LogP contribution in [-0.4, -0.2) is 28.5 Å². The fourth-order valence-corrected chi connectivity index (χ4v) is 1.63. The Morgan fingerprint density at radius 3 is 1.58 bits per heavy atom. The molecule has 3 heteroatoms. The summed E-state index contributed by atoms with van der Waals surface area (Å²) in [4.78, 5) is 0. The van der Waals surface area contributed by atoms with Gasteiger partial charge in [-0.25, -0.2) is 0 Å². The topological polar surface area (TPSA) is 66.5 Å². The summed E-state index contributed by atoms with van der Waals surface area (Å²) >= 11 is 0. The van der Waals surface area contributed by atoms with E-state index in [2.05, 4.69) is 0 Å². The number of rotatable bonds is 4. The van der Waals surface area contributed by atoms with Crippen molar-refractivity contribution in [3.8, 4) is 0 Å². The standard InChI is InChI=1S/C9H21NO2/c1-6(2)9(12,7(3)4)8(11)5-10/h6-8,11-12H,5,10H2,1-4H3. The molecule has 0 radical (unpaired) electrons. The molecule has 0 rings (SSSR count). The first-order chi connectivity index (χ1) is 5.37. The molecule has 0 saturated carbocycles. The molecule has 0 aliphatic heterocycles. The second-order valence-electron chi connectivity index (χ2n) is 3.95. The molecule has 1 unspecified atom stereocenters. The molecular formula is C9H21NO2. The van der Waals surface area contributed by atoms with Crippen molar-refractivity contribution in [2.75, 3.05) is 6.54 Å². The van der Waals surface area contributed by atoms with Crippen molar-refractivity contribution >= 4 is 0 Å². The van der Waals surface area contributed by atoms with Crippen molar-refractivity contribution in [2.24, 2.45) is 17.6 Å². The van der Waals surface area contributed by atoms with Crippen molar-refractivity contribution < 1.29 is 10.2 Å². The fraction of sp³-hybridized carbons (Fsp3) is 1.00. The highest BCUT2D eigenvalue weighted by Crippen LogP contribution is 2.29. The van der Waals surface area contributed by atoms with E-state index in [9.17, 15) is 10.2 Å². The van der Waals surface area contributed by atoms with Gasteiger partial charge in [0, 0.05) is 6.54 Å². The lowest BCUT2D eigenvalue weighted by Gasteiger charge is -2.39. The van der Waals surface area contributed by atoms with Gasteiger partial charge in [0.25, 0.3) is 0 Å². The minimum absolute atomic E-state index is 0.0102. The summed E-state index contributed by atoms with van der Waals surface area (Å²) in [5.41, 5.74) is 4.26. The summed E-state index contributed by atoms with van der Waals surface area (Å²) < 4.78 is 0. The van der Waals surface area contributed by atoms with Gasteiger partial charge in [0.1, 0.15) is 0 Å². The minimum atomic E-state index is -1.06. The number of nitrogens with two attached hydrogens (primary N) is 1. The first-order valence-corrected chi connectivity index (χ1v) is 4.47. The van der Waals surface area contributed by atoms with Gasteiger partial charge in [0.15, 0.2) is 0 Å². The molecule has 0 heterocycles. The van der Waals surface area contributed by atoms with Crippen LogP contribution in [0.15, 0.2) is 0 Å². The third kappa shape index (κ3) is 1.97. The van der Waals surface area contributed by atoms with Gasteiger partial charge < -0.3 is 15.9 Å². The predicted octanol–water partition coefficient (Wildman–Crippen LogP) is 0.349. The fourth-order valence-electron chi connectivity index (χ4n) is 1.63. The average Bonchev–Trinajstić information content (AvgIpc) is 2.00. The Bertz CT molecular complexity index is 126. The molecule has 0 aliphatic carbocycles. The molecule has 0 aliphatic rings. The Hall–Kier alpha value is -0.120. The normalized spacial score (nSPS) is 15.8. The molecule has 0 amide bonds. The van der Waals surface area contributed by atoms with Gasteiger partial charge in [-0.3, -0.25) is 0 Å². The van der Waals surface area contributed by atoms with E-state index in [0.717, 1.165) is 0 Å². The Balaban J connectivity index is 4.61. The van der Waals surface area contributed by atoms with Gasteiger partial charge in [0.2, 0.25) is 0 Å². The van der Waals surface area contributed by atoms with Crippen LogP contribution in [-0.2, 0) is 0 Å². The van der Waals surface area contributed by atoms with Crippen LogP contribution in [0.3, 0.4) is 0 Å². The van der Waals surface area contributed by atoms with E-state index in [1.807, 2.05) is 27.7 Å². The van der Waals surface area contributed by atoms with Crippen LogP contribution in [0.2, 0.25) is 0 Å². The molecule has 12 heavy (non-hydrogen) atoms. The Labute approximate surface area is 74.6 Å². The Morgan fingerprint density at radius 2 is 1.50 bits per heavy atom. The van der Waals surface area contributed by atoms with Gasteiger partial charge in [0.05, 0.1) is 11.7 Å². The summed E-state index contributed by atoms with van der Waals surface area (Å²) in [6, 6.07) is 0. The maximum absolute atomic E-state index is 10.1. The lowest BCUT2D eigenvalue weighted by atomic mass is 9.76. The molecule has 3 nitrogen and oxygen atoms in total. The Morgan fingerprint density at radius 1 is 1.17 bits per heavy atom. The minimum Gasteiger partial charge on any atom is -0.389 e. The molecule has 0 bridgehead atoms. The molecule has 0 fully saturated rings. The monoisotopic (exact) mass is 175 g/mol. The van der Waals surface area contributed by atoms with E-state index < -0.39 is 11.7 Å². The summed E-state index contributed by atoms with van der Waals surface area (Å²) in [5.74, 6) is 0.0205. The van der Waals surface area contributed by atoms with Crippen LogP contribution in [0.1, 0.15) is 27.7 Å². The van der Waals surface area contributed by atoms with Crippen LogP contribution >= 0.6 is 0 Å². The van der Waals surface area contributed by atoms with E-state index in [-0.39, 0.29) is 18.4 Å². The van der Waals surface area contributed by atoms with Crippen LogP contribution < -0.4 is 5.73 Å². The van der Waals surface area contributed by atoms with Gasteiger partial charge in [-0.05, 0) is 11.8 Å². The smallest absolute Gasteiger partial charge is 0.0963 e. The van der Waals surface area contributed by atoms with Gasteiger partial charge in [-0.1, -0.05) is 27.7 Å². The van der Waals surface area contributed by atoms with E-state index in [0.29, 0.717) is 0 Å². The highest BCUT2D eigenvalue weighted by molar-refractivity contribution is 4.92. The first kappa shape index (κ1) is 11.9. The molecule has 0 aromatic heterocycles. The second kappa shape index (κ2) is 4.21. The summed E-state index contributed by atoms with van der Waals surface area (Å²) in [6.45, 7) is 7.66. The summed E-state index contributed by atoms with van der Waals surface area (Å²) in [5, 5.41) is 19.6. The summed E-state index contributed by atoms with van der Waals surface area (Å²) in [6.07, 6.45) is -0.836. The number of hydrogen-bond donors (Lipinski definition) is 3. The maximum Gasteiger partial charge on any atom is 0.0963 e. The zero-order chi connectivity index (χ0) is 9.94. The van der Waals surface area contributed by atoms with Crippen LogP contribution in [0.5, 0.6) is 0 Å². The number of hydrogen-bond acceptors (Lipinski definition) is 3. The maximum atomic E-state index is 10.1. The van der Waals surface area contributed by atoms with Gasteiger partial charge in [-0.15, -0.1) is 0 Å². The third-order valence-corrected chi connectivity index (χ3v) is 2.61. The van der Waals surface area contributed by atoms with E-state index in [1.165, 1.54) is 0 Å². The van der Waals surface area contributed by atoms with Crippen molar-refractivity contribution in [3.05, 3.63) is 0 Å². The van der Waals surface area contributed by atoms with Crippen LogP contribution in [0.4, 0.5) is 0 Å². The van der Waals surface area contributed by atoms with Gasteiger partial charge >= 0.3 is 0 Å². The number of aliphatic hydroxyl groups excluding tert-OH is 1. The van der Waals surface area contributed by atoms with E-state index in [1.54, 1.807) is 0 Å². The molecule has 74 valence electrons. The lowest BCUT2D eigenvalue weighted by molar-refractivity contribution is -0.131. The third-order valence-electron chi connectivity index (χ3n) is 2.61. The quantitative estimate of drug-likeness (QED) is 0.577. The molecular weight excluding hydrogens is 154 g/mol. The Kier molecular flexibility index (Phi) is 4.17. The largest absolute Gasteiger partial charge is 0.389 e. The van der Waals surface area contributed by atoms with Crippen LogP contribution in [0.25, 0.3) is 0 Å². The summed E-state index contributed by atoms with van der Waals surface area (Å²) in [7, 11) is 0. The molecule has 0 spiro atoms. The molecule has 1 atom stereocenters. The molecule has 0 aromatic rings. The zero-order valence-electron chi connectivity index (χ0n) is 8.41. The number of aliphatic hydroxyl groups is 2. The van der Waals surface area contributed by atoms with Crippen LogP contribution in [0, 0.1) is 11.8 Å². The second-order valence-corrected chi connectivity index (χ2v) is 3.95. The average molecular weight is 175 g/mol. The van der Waals surface area contributed by atoms with Crippen molar-refractivity contribution in [1.82, 2.24) is 0 Å². The molecule has 4 N–H and O–H groups in total. The lowest BCUT2D eigenvalue weighted by Crippen LogP contribution is -2.54. The highest BCUT2D eigenvalue weighted by Gasteiger charge is 2.40. The first-order valence-electron chi connectivity index (χ1n) is 4.47. The SMILES string of the molecule is CC(C)C(O)(C(C)C)C(O)CN. The zero-order valence-corrected chi connectivity index (χ0v) is 8.41. The van der Waals surface area contributed by atoms with Crippen molar-refractivity contribution in [2.45, 2.75) is 39.4 Å².